The van der Waals surface area contributed by atoms with Crippen molar-refractivity contribution in [1.29, 1.82) is 0 Å². The highest BCUT2D eigenvalue weighted by molar-refractivity contribution is 7.85. The fourth-order valence-corrected chi connectivity index (χ4v) is 1.56. The summed E-state index contributed by atoms with van der Waals surface area (Å²) in [5, 5.41) is 0. The first-order chi connectivity index (χ1) is 8.39. The van der Waals surface area contributed by atoms with Gasteiger partial charge >= 0.3 is 0 Å². The molecule has 0 N–H and O–H groups in total. The maximum absolute atomic E-state index is 10.4. The molecule has 18 heavy (non-hydrogen) atoms. The Bertz CT molecular complexity index is 580. The van der Waals surface area contributed by atoms with Crippen LogP contribution in [0.5, 0.6) is 0 Å². The van der Waals surface area contributed by atoms with Crippen molar-refractivity contribution in [3.8, 4) is 0 Å². The average molecular weight is 266 g/mol. The van der Waals surface area contributed by atoms with E-state index in [0.29, 0.717) is 0 Å². The lowest BCUT2D eigenvalue weighted by Crippen LogP contribution is -2.25. The van der Waals surface area contributed by atoms with Gasteiger partial charge in [-0.25, -0.2) is 13.0 Å². The molecule has 0 aliphatic rings. The molecule has 0 atom stereocenters. The number of nitrogens with zero attached hydrogens (tertiary/aromatic N) is 2. The SMILES string of the molecule is C[n+]1ccncc1.Cc1ccc(S(=O)(=O)[O-])cc1. The van der Waals surface area contributed by atoms with Gasteiger partial charge in [-0.05, 0) is 19.1 Å². The molecular formula is C12H14N2O3S. The summed E-state index contributed by atoms with van der Waals surface area (Å²) in [6.45, 7) is 1.82. The van der Waals surface area contributed by atoms with Crippen molar-refractivity contribution >= 4 is 10.1 Å². The second-order valence-corrected chi connectivity index (χ2v) is 5.06. The first kappa shape index (κ1) is 14.3. The molecule has 5 nitrogen and oxygen atoms in total. The van der Waals surface area contributed by atoms with Crippen LogP contribution in [-0.4, -0.2) is 18.0 Å². The lowest BCUT2D eigenvalue weighted by Gasteiger charge is -2.05. The van der Waals surface area contributed by atoms with Gasteiger partial charge in [0.05, 0.1) is 17.3 Å². The van der Waals surface area contributed by atoms with E-state index in [4.69, 9.17) is 0 Å². The summed E-state index contributed by atoms with van der Waals surface area (Å²) in [4.78, 5) is 3.65. The zero-order chi connectivity index (χ0) is 13.6. The van der Waals surface area contributed by atoms with E-state index in [0.717, 1.165) is 5.56 Å². The zero-order valence-corrected chi connectivity index (χ0v) is 11.0. The van der Waals surface area contributed by atoms with E-state index < -0.39 is 10.1 Å². The van der Waals surface area contributed by atoms with E-state index in [1.54, 1.807) is 24.5 Å². The van der Waals surface area contributed by atoms with Gasteiger partial charge in [0.1, 0.15) is 17.2 Å². The van der Waals surface area contributed by atoms with Crippen molar-refractivity contribution in [3.05, 3.63) is 54.6 Å². The molecule has 0 fully saturated rings. The number of hydrogen-bond donors (Lipinski definition) is 0. The maximum atomic E-state index is 10.4. The third kappa shape index (κ3) is 5.03. The van der Waals surface area contributed by atoms with Crippen LogP contribution in [-0.2, 0) is 17.2 Å². The minimum Gasteiger partial charge on any atom is -0.744 e. The van der Waals surface area contributed by atoms with Gasteiger partial charge in [-0.2, -0.15) is 0 Å². The standard InChI is InChI=1S/C7H8O3S.C5H7N2/c1-6-2-4-7(5-3-6)11(8,9)10;1-7-4-2-6-3-5-7/h2-5H,1H3,(H,8,9,10);2-5H,1H3/q;+1/p-1. The quantitative estimate of drug-likeness (QED) is 0.565. The number of rotatable bonds is 1. The van der Waals surface area contributed by atoms with Crippen LogP contribution in [0.2, 0.25) is 0 Å². The third-order valence-corrected chi connectivity index (χ3v) is 2.93. The predicted octanol–water partition coefficient (Wildman–Crippen LogP) is 0.805. The van der Waals surface area contributed by atoms with Crippen molar-refractivity contribution in [2.24, 2.45) is 7.05 Å². The highest BCUT2D eigenvalue weighted by Gasteiger charge is 1.97. The Morgan fingerprint density at radius 1 is 1.11 bits per heavy atom. The molecule has 2 rings (SSSR count). The van der Waals surface area contributed by atoms with Crippen LogP contribution in [0.1, 0.15) is 5.56 Å². The molecule has 0 saturated carbocycles. The fourth-order valence-electron chi connectivity index (χ4n) is 1.09. The lowest BCUT2D eigenvalue weighted by molar-refractivity contribution is -0.672. The Labute approximate surface area is 107 Å². The average Bonchev–Trinajstić information content (AvgIpc) is 2.30. The summed E-state index contributed by atoms with van der Waals surface area (Å²) in [6, 6.07) is 5.78. The molecule has 2 aromatic rings. The molecule has 1 heterocycles. The summed E-state index contributed by atoms with van der Waals surface area (Å²) in [5.41, 5.74) is 0.928. The number of hydrogen-bond acceptors (Lipinski definition) is 4. The second-order valence-electron chi connectivity index (χ2n) is 3.68. The van der Waals surface area contributed by atoms with Gasteiger partial charge in [-0.1, -0.05) is 17.7 Å². The van der Waals surface area contributed by atoms with Gasteiger partial charge in [-0.15, -0.1) is 0 Å². The van der Waals surface area contributed by atoms with Crippen LogP contribution in [0.15, 0.2) is 53.9 Å². The van der Waals surface area contributed by atoms with Crippen molar-refractivity contribution in [3.63, 3.8) is 0 Å². The van der Waals surface area contributed by atoms with Crippen LogP contribution in [0.25, 0.3) is 0 Å². The third-order valence-electron chi connectivity index (χ3n) is 2.09. The molecular weight excluding hydrogens is 252 g/mol. The number of aryl methyl sites for hydroxylation is 2. The van der Waals surface area contributed by atoms with Gasteiger partial charge in [0.2, 0.25) is 0 Å². The summed E-state index contributed by atoms with van der Waals surface area (Å²) < 4.78 is 33.1. The lowest BCUT2D eigenvalue weighted by atomic mass is 10.2. The van der Waals surface area contributed by atoms with Gasteiger partial charge < -0.3 is 4.55 Å². The van der Waals surface area contributed by atoms with E-state index in [-0.39, 0.29) is 4.90 Å². The summed E-state index contributed by atoms with van der Waals surface area (Å²) in [7, 11) is -2.31. The molecule has 1 aromatic carbocycles. The monoisotopic (exact) mass is 266 g/mol. The first-order valence-corrected chi connectivity index (χ1v) is 6.58. The van der Waals surface area contributed by atoms with Crippen LogP contribution >= 0.6 is 0 Å². The Balaban J connectivity index is 0.000000199. The number of aromatic nitrogens is 2. The molecule has 96 valence electrons. The highest BCUT2D eigenvalue weighted by atomic mass is 32.2. The Hall–Kier alpha value is -1.79. The summed E-state index contributed by atoms with van der Waals surface area (Å²) in [5.74, 6) is 0. The summed E-state index contributed by atoms with van der Waals surface area (Å²) in [6.07, 6.45) is 7.28. The maximum Gasteiger partial charge on any atom is 0.186 e. The van der Waals surface area contributed by atoms with E-state index in [9.17, 15) is 13.0 Å². The first-order valence-electron chi connectivity index (χ1n) is 5.17. The van der Waals surface area contributed by atoms with Gasteiger partial charge in [0.15, 0.2) is 12.4 Å². The van der Waals surface area contributed by atoms with Crippen LogP contribution in [0.4, 0.5) is 0 Å². The van der Waals surface area contributed by atoms with Crippen molar-refractivity contribution in [2.45, 2.75) is 11.8 Å². The van der Waals surface area contributed by atoms with Crippen LogP contribution < -0.4 is 4.57 Å². The molecule has 0 radical (unpaired) electrons. The van der Waals surface area contributed by atoms with E-state index >= 15 is 0 Å². The predicted molar refractivity (Wildman–Crippen MR) is 64.6 cm³/mol. The van der Waals surface area contributed by atoms with E-state index in [2.05, 4.69) is 4.98 Å². The van der Waals surface area contributed by atoms with Gasteiger partial charge in [0.25, 0.3) is 0 Å². The minimum absolute atomic E-state index is 0.178. The molecule has 0 aliphatic heterocycles. The Kier molecular flexibility index (Phi) is 4.94. The van der Waals surface area contributed by atoms with Crippen LogP contribution in [0, 0.1) is 6.92 Å². The smallest absolute Gasteiger partial charge is 0.186 e. The van der Waals surface area contributed by atoms with Crippen molar-refractivity contribution < 1.29 is 17.5 Å². The molecule has 0 aliphatic carbocycles. The van der Waals surface area contributed by atoms with Crippen LogP contribution in [0.3, 0.4) is 0 Å². The minimum atomic E-state index is -4.27. The Morgan fingerprint density at radius 2 is 1.61 bits per heavy atom. The van der Waals surface area contributed by atoms with Gasteiger partial charge in [-0.3, -0.25) is 4.98 Å². The number of benzene rings is 1. The molecule has 0 saturated heterocycles. The molecule has 0 bridgehead atoms. The molecule has 0 unspecified atom stereocenters. The normalized spacial score (nSPS) is 10.4. The zero-order valence-electron chi connectivity index (χ0n) is 10.1. The highest BCUT2D eigenvalue weighted by Crippen LogP contribution is 2.08. The van der Waals surface area contributed by atoms with Crippen molar-refractivity contribution in [1.82, 2.24) is 4.98 Å². The Morgan fingerprint density at radius 3 is 1.94 bits per heavy atom. The summed E-state index contributed by atoms with van der Waals surface area (Å²) >= 11 is 0. The molecule has 0 amide bonds. The van der Waals surface area contributed by atoms with E-state index in [1.165, 1.54) is 12.1 Å². The van der Waals surface area contributed by atoms with Gasteiger partial charge in [0, 0.05) is 0 Å². The molecule has 6 heteroatoms. The molecule has 1 aromatic heterocycles. The topological polar surface area (TPSA) is 74.0 Å². The largest absolute Gasteiger partial charge is 0.744 e. The molecule has 0 spiro atoms. The fraction of sp³-hybridized carbons (Fsp3) is 0.167. The second kappa shape index (κ2) is 6.23. The van der Waals surface area contributed by atoms with E-state index in [1.807, 2.05) is 30.9 Å². The van der Waals surface area contributed by atoms with Crippen molar-refractivity contribution in [2.75, 3.05) is 0 Å².